The van der Waals surface area contributed by atoms with E-state index >= 15 is 0 Å². The summed E-state index contributed by atoms with van der Waals surface area (Å²) in [5, 5.41) is 8.03. The molecule has 4 fully saturated rings. The Bertz CT molecular complexity index is 265. The fourth-order valence-electron chi connectivity index (χ4n) is 5.83. The summed E-state index contributed by atoms with van der Waals surface area (Å²) in [6.07, 6.45) is 6.12. The average molecular weight is 179 g/mol. The molecule has 2 bridgehead atoms. The van der Waals surface area contributed by atoms with Gasteiger partial charge in [-0.1, -0.05) is 6.92 Å². The van der Waals surface area contributed by atoms with Crippen molar-refractivity contribution in [2.24, 2.45) is 35.0 Å². The van der Waals surface area contributed by atoms with Gasteiger partial charge in [0, 0.05) is 12.3 Å². The zero-order chi connectivity index (χ0) is 8.79. The number of hydrogen-bond donors (Lipinski definition) is 0. The van der Waals surface area contributed by atoms with Crippen molar-refractivity contribution in [2.75, 3.05) is 0 Å². The molecule has 7 unspecified atom stereocenters. The third kappa shape index (κ3) is 0.538. The highest BCUT2D eigenvalue weighted by atomic mass is 16.3. The van der Waals surface area contributed by atoms with E-state index in [0.717, 1.165) is 35.0 Å². The summed E-state index contributed by atoms with van der Waals surface area (Å²) in [7, 11) is 0. The molecule has 1 heteroatoms. The van der Waals surface area contributed by atoms with Gasteiger partial charge in [-0.3, -0.25) is 0 Å². The molecule has 7 atom stereocenters. The lowest BCUT2D eigenvalue weighted by Gasteiger charge is -2.27. The van der Waals surface area contributed by atoms with Gasteiger partial charge in [-0.2, -0.15) is 0 Å². The molecule has 1 spiro atoms. The lowest BCUT2D eigenvalue weighted by molar-refractivity contribution is 0.0735. The summed E-state index contributed by atoms with van der Waals surface area (Å²) >= 11 is 0. The smallest absolute Gasteiger partial charge is 0.157 e. The summed E-state index contributed by atoms with van der Waals surface area (Å²) in [5.41, 5.74) is 0.731. The van der Waals surface area contributed by atoms with Gasteiger partial charge < -0.3 is 5.11 Å². The minimum atomic E-state index is 0.292. The minimum absolute atomic E-state index is 0.292. The van der Waals surface area contributed by atoms with Crippen molar-refractivity contribution >= 4 is 0 Å². The fourth-order valence-corrected chi connectivity index (χ4v) is 5.83. The molecule has 2 N–H and O–H groups in total. The Morgan fingerprint density at radius 3 is 2.92 bits per heavy atom. The van der Waals surface area contributed by atoms with E-state index in [9.17, 15) is 0 Å². The molecule has 0 aromatic carbocycles. The second-order valence-electron chi connectivity index (χ2n) is 6.03. The number of hydrogen-bond acceptors (Lipinski definition) is 0. The van der Waals surface area contributed by atoms with Crippen LogP contribution in [-0.2, 0) is 0 Å². The largest absolute Gasteiger partial charge is 0.443 e. The maximum atomic E-state index is 8.03. The van der Waals surface area contributed by atoms with Gasteiger partial charge in [-0.15, -0.1) is 0 Å². The molecule has 0 aromatic heterocycles. The molecule has 4 aliphatic carbocycles. The van der Waals surface area contributed by atoms with Gasteiger partial charge in [0.05, 0.1) is 0 Å². The quantitative estimate of drug-likeness (QED) is 0.506. The maximum Gasteiger partial charge on any atom is 0.157 e. The molecule has 4 saturated carbocycles. The molecule has 1 nitrogen and oxygen atoms in total. The standard InChI is InChI=1S/C12H18O/c1-6-10(13)5-9-11-7-2-3-8(4-7)12(6,9)11/h6-11,13H,2-5H2,1H3/p+1. The second kappa shape index (κ2) is 1.84. The van der Waals surface area contributed by atoms with E-state index in [1.165, 1.54) is 25.7 Å². The first-order chi connectivity index (χ1) is 6.26. The van der Waals surface area contributed by atoms with Gasteiger partial charge in [0.2, 0.25) is 0 Å². The van der Waals surface area contributed by atoms with Gasteiger partial charge >= 0.3 is 0 Å². The van der Waals surface area contributed by atoms with Gasteiger partial charge in [-0.25, -0.2) is 0 Å². The summed E-state index contributed by atoms with van der Waals surface area (Å²) in [5.74, 6) is 5.00. The second-order valence-corrected chi connectivity index (χ2v) is 6.03. The molecule has 0 radical (unpaired) electrons. The molecule has 0 amide bonds. The Kier molecular flexibility index (Phi) is 1.03. The summed E-state index contributed by atoms with van der Waals surface area (Å²) < 4.78 is 0. The zero-order valence-corrected chi connectivity index (χ0v) is 8.29. The van der Waals surface area contributed by atoms with Crippen molar-refractivity contribution in [1.29, 1.82) is 0 Å². The Labute approximate surface area is 79.5 Å². The van der Waals surface area contributed by atoms with Gasteiger partial charge in [0.25, 0.3) is 0 Å². The highest BCUT2D eigenvalue weighted by molar-refractivity contribution is 5.28. The van der Waals surface area contributed by atoms with E-state index in [1.807, 2.05) is 0 Å². The van der Waals surface area contributed by atoms with E-state index in [2.05, 4.69) is 6.92 Å². The van der Waals surface area contributed by atoms with E-state index in [4.69, 9.17) is 5.11 Å². The fraction of sp³-hybridized carbons (Fsp3) is 1.00. The van der Waals surface area contributed by atoms with Crippen LogP contribution in [0, 0.1) is 35.0 Å². The average Bonchev–Trinajstić information content (AvgIpc) is 2.53. The third-order valence-electron chi connectivity index (χ3n) is 6.13. The van der Waals surface area contributed by atoms with Crippen molar-refractivity contribution in [1.82, 2.24) is 0 Å². The van der Waals surface area contributed by atoms with Crippen LogP contribution in [0.4, 0.5) is 0 Å². The van der Waals surface area contributed by atoms with Gasteiger partial charge in [-0.05, 0) is 48.3 Å². The zero-order valence-electron chi connectivity index (χ0n) is 8.29. The van der Waals surface area contributed by atoms with Crippen molar-refractivity contribution in [3.63, 3.8) is 0 Å². The Morgan fingerprint density at radius 1 is 1.23 bits per heavy atom. The van der Waals surface area contributed by atoms with Gasteiger partial charge in [0.15, 0.2) is 6.10 Å². The van der Waals surface area contributed by atoms with Gasteiger partial charge in [0.1, 0.15) is 0 Å². The third-order valence-corrected chi connectivity index (χ3v) is 6.13. The van der Waals surface area contributed by atoms with Crippen LogP contribution in [0.5, 0.6) is 0 Å². The van der Waals surface area contributed by atoms with E-state index in [1.54, 1.807) is 0 Å². The number of fused-ring (bicyclic) bond motifs is 4. The van der Waals surface area contributed by atoms with Crippen LogP contribution in [0.25, 0.3) is 0 Å². The van der Waals surface area contributed by atoms with Crippen molar-refractivity contribution in [3.05, 3.63) is 0 Å². The Balaban J connectivity index is 1.79. The van der Waals surface area contributed by atoms with Crippen LogP contribution in [0.3, 0.4) is 0 Å². The minimum Gasteiger partial charge on any atom is -0.443 e. The lowest BCUT2D eigenvalue weighted by atomic mass is 9.77. The SMILES string of the molecule is CC1C([OH2+])CC2C3C4CCC(C4)C123. The molecule has 0 heterocycles. The lowest BCUT2D eigenvalue weighted by Crippen LogP contribution is -2.27. The van der Waals surface area contributed by atoms with E-state index in [0.29, 0.717) is 6.10 Å². The number of rotatable bonds is 0. The molecule has 0 saturated heterocycles. The predicted octanol–water partition coefficient (Wildman–Crippen LogP) is 1.78. The molecule has 4 rings (SSSR count). The molecular weight excluding hydrogens is 160 g/mol. The van der Waals surface area contributed by atoms with Crippen LogP contribution < -0.4 is 0 Å². The van der Waals surface area contributed by atoms with Crippen LogP contribution in [-0.4, -0.2) is 11.2 Å². The van der Waals surface area contributed by atoms with Crippen LogP contribution in [0.1, 0.15) is 32.6 Å². The topological polar surface area (TPSA) is 22.9 Å². The maximum absolute atomic E-state index is 8.03. The van der Waals surface area contributed by atoms with Crippen LogP contribution >= 0.6 is 0 Å². The van der Waals surface area contributed by atoms with E-state index in [-0.39, 0.29) is 0 Å². The summed E-state index contributed by atoms with van der Waals surface area (Å²) in [4.78, 5) is 0. The molecule has 0 aliphatic heterocycles. The highest BCUT2D eigenvalue weighted by Gasteiger charge is 2.82. The normalized spacial score (nSPS) is 72.5. The molecule has 0 aromatic rings. The van der Waals surface area contributed by atoms with Crippen molar-refractivity contribution in [3.8, 4) is 0 Å². The first kappa shape index (κ1) is 7.28. The monoisotopic (exact) mass is 179 g/mol. The van der Waals surface area contributed by atoms with Crippen LogP contribution in [0.15, 0.2) is 0 Å². The molecular formula is C12H19O+. The molecule has 4 aliphatic rings. The first-order valence-corrected chi connectivity index (χ1v) is 5.97. The highest BCUT2D eigenvalue weighted by Crippen LogP contribution is 2.84. The predicted molar refractivity (Wildman–Crippen MR) is 51.4 cm³/mol. The molecule has 13 heavy (non-hydrogen) atoms. The summed E-state index contributed by atoms with van der Waals surface area (Å²) in [6.45, 7) is 2.37. The van der Waals surface area contributed by atoms with Crippen molar-refractivity contribution in [2.45, 2.75) is 38.7 Å². The molecule has 72 valence electrons. The van der Waals surface area contributed by atoms with Crippen molar-refractivity contribution < 1.29 is 5.11 Å². The summed E-state index contributed by atoms with van der Waals surface area (Å²) in [6, 6.07) is 0. The Morgan fingerprint density at radius 2 is 2.08 bits per heavy atom. The Hall–Kier alpha value is -0.0400. The first-order valence-electron chi connectivity index (χ1n) is 5.97. The van der Waals surface area contributed by atoms with Crippen LogP contribution in [0.2, 0.25) is 0 Å². The van der Waals surface area contributed by atoms with E-state index < -0.39 is 0 Å².